The summed E-state index contributed by atoms with van der Waals surface area (Å²) in [5, 5.41) is 9.11. The molecule has 5 heteroatoms. The Kier molecular flexibility index (Phi) is 2.80. The fraction of sp³-hybridized carbons (Fsp3) is 0.444. The smallest absolute Gasteiger partial charge is 0.387 e. The summed E-state index contributed by atoms with van der Waals surface area (Å²) < 4.78 is 36.8. The first-order chi connectivity index (χ1) is 6.30. The van der Waals surface area contributed by atoms with Gasteiger partial charge in [0.2, 0.25) is 0 Å². The van der Waals surface area contributed by atoms with Crippen LogP contribution in [0.1, 0.15) is 30.0 Å². The van der Waals surface area contributed by atoms with Gasteiger partial charge >= 0.3 is 6.18 Å². The first-order valence-electron chi connectivity index (χ1n) is 4.04. The van der Waals surface area contributed by atoms with Gasteiger partial charge in [0.1, 0.15) is 5.69 Å². The maximum atomic E-state index is 12.3. The predicted octanol–water partition coefficient (Wildman–Crippen LogP) is 2.46. The van der Waals surface area contributed by atoms with Crippen LogP contribution in [-0.2, 0) is 6.18 Å². The monoisotopic (exact) mass is 205 g/mol. The highest BCUT2D eigenvalue weighted by atomic mass is 19.4. The molecule has 0 spiro atoms. The molecular weight excluding hydrogens is 195 g/mol. The topological polar surface area (TPSA) is 33.1 Å². The van der Waals surface area contributed by atoms with Crippen molar-refractivity contribution in [3.63, 3.8) is 0 Å². The highest BCUT2D eigenvalue weighted by molar-refractivity contribution is 5.22. The number of halogens is 3. The van der Waals surface area contributed by atoms with Gasteiger partial charge in [-0.3, -0.25) is 0 Å². The SMILES string of the molecule is Cc1cc(C(C)O)nc(C(F)(F)F)c1. The van der Waals surface area contributed by atoms with Crippen molar-refractivity contribution in [2.45, 2.75) is 26.1 Å². The van der Waals surface area contributed by atoms with Gasteiger partial charge < -0.3 is 5.11 Å². The quantitative estimate of drug-likeness (QED) is 0.763. The molecule has 1 heterocycles. The number of pyridine rings is 1. The van der Waals surface area contributed by atoms with E-state index < -0.39 is 18.0 Å². The van der Waals surface area contributed by atoms with Gasteiger partial charge in [-0.1, -0.05) is 0 Å². The van der Waals surface area contributed by atoms with Crippen LogP contribution in [-0.4, -0.2) is 10.1 Å². The molecule has 0 aromatic carbocycles. The van der Waals surface area contributed by atoms with Gasteiger partial charge in [-0.25, -0.2) is 4.98 Å². The van der Waals surface area contributed by atoms with Crippen molar-refractivity contribution in [2.75, 3.05) is 0 Å². The number of aliphatic hydroxyl groups excluding tert-OH is 1. The number of aromatic nitrogens is 1. The lowest BCUT2D eigenvalue weighted by atomic mass is 10.1. The Labute approximate surface area is 79.4 Å². The van der Waals surface area contributed by atoms with Crippen molar-refractivity contribution in [1.29, 1.82) is 0 Å². The Balaban J connectivity index is 3.21. The van der Waals surface area contributed by atoms with E-state index in [9.17, 15) is 13.2 Å². The van der Waals surface area contributed by atoms with Crippen LogP contribution in [0.4, 0.5) is 13.2 Å². The summed E-state index contributed by atoms with van der Waals surface area (Å²) >= 11 is 0. The van der Waals surface area contributed by atoms with Crippen LogP contribution in [0.25, 0.3) is 0 Å². The number of aryl methyl sites for hydroxylation is 1. The summed E-state index contributed by atoms with van der Waals surface area (Å²) in [6, 6.07) is 2.38. The summed E-state index contributed by atoms with van der Waals surface area (Å²) in [5.41, 5.74) is -0.492. The first-order valence-corrected chi connectivity index (χ1v) is 4.04. The predicted molar refractivity (Wildman–Crippen MR) is 44.6 cm³/mol. The first kappa shape index (κ1) is 11.0. The van der Waals surface area contributed by atoms with E-state index in [0.29, 0.717) is 5.56 Å². The second-order valence-corrected chi connectivity index (χ2v) is 3.13. The van der Waals surface area contributed by atoms with E-state index in [2.05, 4.69) is 4.98 Å². The molecule has 0 radical (unpaired) electrons. The fourth-order valence-electron chi connectivity index (χ4n) is 1.05. The van der Waals surface area contributed by atoms with Gasteiger partial charge in [0.05, 0.1) is 11.8 Å². The van der Waals surface area contributed by atoms with E-state index in [-0.39, 0.29) is 5.69 Å². The lowest BCUT2D eigenvalue weighted by Gasteiger charge is -2.10. The molecule has 1 N–H and O–H groups in total. The van der Waals surface area contributed by atoms with E-state index >= 15 is 0 Å². The standard InChI is InChI=1S/C9H10F3NO/c1-5-3-7(6(2)14)13-8(4-5)9(10,11)12/h3-4,6,14H,1-2H3. The van der Waals surface area contributed by atoms with Crippen LogP contribution < -0.4 is 0 Å². The highest BCUT2D eigenvalue weighted by Crippen LogP contribution is 2.29. The second-order valence-electron chi connectivity index (χ2n) is 3.13. The van der Waals surface area contributed by atoms with Crippen molar-refractivity contribution >= 4 is 0 Å². The minimum Gasteiger partial charge on any atom is -0.387 e. The Morgan fingerprint density at radius 2 is 1.93 bits per heavy atom. The van der Waals surface area contributed by atoms with Crippen molar-refractivity contribution in [1.82, 2.24) is 4.98 Å². The van der Waals surface area contributed by atoms with Crippen LogP contribution >= 0.6 is 0 Å². The summed E-state index contributed by atoms with van der Waals surface area (Å²) in [4.78, 5) is 3.33. The fourth-order valence-corrected chi connectivity index (χ4v) is 1.05. The molecular formula is C9H10F3NO. The lowest BCUT2D eigenvalue weighted by molar-refractivity contribution is -0.141. The Morgan fingerprint density at radius 1 is 1.36 bits per heavy atom. The third-order valence-corrected chi connectivity index (χ3v) is 1.71. The molecule has 1 aromatic rings. The summed E-state index contributed by atoms with van der Waals surface area (Å²) in [7, 11) is 0. The lowest BCUT2D eigenvalue weighted by Crippen LogP contribution is -2.11. The van der Waals surface area contributed by atoms with Crippen molar-refractivity contribution in [3.8, 4) is 0 Å². The number of aliphatic hydroxyl groups is 1. The van der Waals surface area contributed by atoms with Crippen LogP contribution in [0.2, 0.25) is 0 Å². The van der Waals surface area contributed by atoms with Crippen LogP contribution in [0, 0.1) is 6.92 Å². The Hall–Kier alpha value is -1.10. The molecule has 14 heavy (non-hydrogen) atoms. The number of rotatable bonds is 1. The minimum absolute atomic E-state index is 0.0392. The summed E-state index contributed by atoms with van der Waals surface area (Å²) in [5.74, 6) is 0. The molecule has 1 aromatic heterocycles. The maximum absolute atomic E-state index is 12.3. The molecule has 0 saturated carbocycles. The van der Waals surface area contributed by atoms with Gasteiger partial charge in [-0.2, -0.15) is 13.2 Å². The van der Waals surface area contributed by atoms with Crippen molar-refractivity contribution in [3.05, 3.63) is 29.1 Å². The van der Waals surface area contributed by atoms with Crippen molar-refractivity contribution in [2.24, 2.45) is 0 Å². The molecule has 1 rings (SSSR count). The molecule has 78 valence electrons. The van der Waals surface area contributed by atoms with Gasteiger partial charge in [0.15, 0.2) is 0 Å². The number of nitrogens with zero attached hydrogens (tertiary/aromatic N) is 1. The molecule has 0 bridgehead atoms. The minimum atomic E-state index is -4.46. The molecule has 0 aliphatic carbocycles. The molecule has 0 fully saturated rings. The average Bonchev–Trinajstić information content (AvgIpc) is 2.01. The average molecular weight is 205 g/mol. The van der Waals surface area contributed by atoms with E-state index in [1.165, 1.54) is 19.9 Å². The van der Waals surface area contributed by atoms with Crippen molar-refractivity contribution < 1.29 is 18.3 Å². The number of hydrogen-bond donors (Lipinski definition) is 1. The molecule has 0 aliphatic heterocycles. The Bertz CT molecular complexity index is 333. The van der Waals surface area contributed by atoms with Crippen LogP contribution in [0.3, 0.4) is 0 Å². The zero-order valence-corrected chi connectivity index (χ0v) is 7.76. The zero-order valence-electron chi connectivity index (χ0n) is 7.76. The molecule has 0 amide bonds. The van der Waals surface area contributed by atoms with E-state index in [1.54, 1.807) is 0 Å². The summed E-state index contributed by atoms with van der Waals surface area (Å²) in [6.45, 7) is 2.91. The largest absolute Gasteiger partial charge is 0.433 e. The van der Waals surface area contributed by atoms with E-state index in [1.807, 2.05) is 0 Å². The maximum Gasteiger partial charge on any atom is 0.433 e. The van der Waals surface area contributed by atoms with Gasteiger partial charge in [-0.15, -0.1) is 0 Å². The Morgan fingerprint density at radius 3 is 2.36 bits per heavy atom. The van der Waals surface area contributed by atoms with Gasteiger partial charge in [-0.05, 0) is 31.5 Å². The van der Waals surface area contributed by atoms with E-state index in [0.717, 1.165) is 6.07 Å². The van der Waals surface area contributed by atoms with Gasteiger partial charge in [0, 0.05) is 0 Å². The number of alkyl halides is 3. The third-order valence-electron chi connectivity index (χ3n) is 1.71. The van der Waals surface area contributed by atoms with Crippen LogP contribution in [0.15, 0.2) is 12.1 Å². The normalized spacial score (nSPS) is 14.1. The molecule has 0 saturated heterocycles. The zero-order chi connectivity index (χ0) is 10.9. The third kappa shape index (κ3) is 2.45. The summed E-state index contributed by atoms with van der Waals surface area (Å²) in [6.07, 6.45) is -5.45. The second kappa shape index (κ2) is 3.57. The molecule has 1 atom stereocenters. The number of hydrogen-bond acceptors (Lipinski definition) is 2. The molecule has 0 aliphatic rings. The highest BCUT2D eigenvalue weighted by Gasteiger charge is 2.33. The molecule has 1 unspecified atom stereocenters. The van der Waals surface area contributed by atoms with Gasteiger partial charge in [0.25, 0.3) is 0 Å². The van der Waals surface area contributed by atoms with E-state index in [4.69, 9.17) is 5.11 Å². The van der Waals surface area contributed by atoms with Crippen LogP contribution in [0.5, 0.6) is 0 Å². The molecule has 2 nitrogen and oxygen atoms in total.